The molecule has 0 spiro atoms. The second-order valence-corrected chi connectivity index (χ2v) is 6.74. The summed E-state index contributed by atoms with van der Waals surface area (Å²) >= 11 is 0. The van der Waals surface area contributed by atoms with E-state index in [0.717, 1.165) is 48.6 Å². The van der Waals surface area contributed by atoms with Crippen LogP contribution in [0.2, 0.25) is 0 Å². The maximum absolute atomic E-state index is 12.7. The van der Waals surface area contributed by atoms with Gasteiger partial charge in [-0.15, -0.1) is 0 Å². The molecular weight excluding hydrogens is 300 g/mol. The van der Waals surface area contributed by atoms with E-state index in [1.165, 1.54) is 0 Å². The predicted molar refractivity (Wildman–Crippen MR) is 95.2 cm³/mol. The van der Waals surface area contributed by atoms with Crippen LogP contribution in [0.1, 0.15) is 40.3 Å². The van der Waals surface area contributed by atoms with Gasteiger partial charge in [-0.3, -0.25) is 9.78 Å². The van der Waals surface area contributed by atoms with Crippen LogP contribution in [-0.4, -0.2) is 46.5 Å². The van der Waals surface area contributed by atoms with E-state index in [4.69, 9.17) is 0 Å². The van der Waals surface area contributed by atoms with Crippen molar-refractivity contribution in [1.29, 1.82) is 0 Å². The Balaban J connectivity index is 1.72. The molecule has 5 heteroatoms. The van der Waals surface area contributed by atoms with Crippen LogP contribution in [0, 0.1) is 13.8 Å². The first-order valence-electron chi connectivity index (χ1n) is 8.60. The maximum atomic E-state index is 12.7. The molecule has 2 aromatic rings. The Hall–Kier alpha value is -2.14. The highest BCUT2D eigenvalue weighted by atomic mass is 16.1. The number of pyridine rings is 1. The van der Waals surface area contributed by atoms with Gasteiger partial charge in [-0.2, -0.15) is 0 Å². The molecule has 0 radical (unpaired) electrons. The maximum Gasteiger partial charge on any atom is 0.253 e. The number of hydrogen-bond donors (Lipinski definition) is 1. The number of aromatic nitrogens is 2. The van der Waals surface area contributed by atoms with Crippen LogP contribution in [0.3, 0.4) is 0 Å². The third-order valence-electron chi connectivity index (χ3n) is 4.92. The summed E-state index contributed by atoms with van der Waals surface area (Å²) in [7, 11) is 2.13. The van der Waals surface area contributed by atoms with Gasteiger partial charge in [-0.05, 0) is 65.0 Å². The molecule has 0 atom stereocenters. The van der Waals surface area contributed by atoms with Crippen molar-refractivity contribution in [3.05, 3.63) is 53.1 Å². The van der Waals surface area contributed by atoms with Gasteiger partial charge in [0.25, 0.3) is 5.91 Å². The second-order valence-electron chi connectivity index (χ2n) is 6.74. The van der Waals surface area contributed by atoms with E-state index >= 15 is 0 Å². The van der Waals surface area contributed by atoms with E-state index in [-0.39, 0.29) is 11.9 Å². The highest BCUT2D eigenvalue weighted by Crippen LogP contribution is 2.18. The van der Waals surface area contributed by atoms with Gasteiger partial charge >= 0.3 is 0 Å². The molecule has 0 aromatic carbocycles. The minimum absolute atomic E-state index is 0.0462. The van der Waals surface area contributed by atoms with Gasteiger partial charge in [0.1, 0.15) is 0 Å². The van der Waals surface area contributed by atoms with Crippen molar-refractivity contribution in [3.63, 3.8) is 0 Å². The van der Waals surface area contributed by atoms with Crippen molar-refractivity contribution in [3.8, 4) is 0 Å². The minimum atomic E-state index is 0.0462. The molecule has 128 valence electrons. The monoisotopic (exact) mass is 326 g/mol. The molecule has 5 nitrogen and oxygen atoms in total. The number of amides is 1. The first kappa shape index (κ1) is 16.7. The SMILES string of the molecule is Cc1cc(C(=O)NC2CCN(C)CC2)c(C)n1Cc1ccccn1. The molecule has 0 saturated carbocycles. The van der Waals surface area contributed by atoms with Crippen molar-refractivity contribution in [2.45, 2.75) is 39.3 Å². The van der Waals surface area contributed by atoms with Gasteiger partial charge in [-0.25, -0.2) is 0 Å². The Morgan fingerprint density at radius 3 is 2.71 bits per heavy atom. The Kier molecular flexibility index (Phi) is 5.00. The zero-order valence-corrected chi connectivity index (χ0v) is 14.7. The average Bonchev–Trinajstić information content (AvgIpc) is 2.86. The number of nitrogens with zero attached hydrogens (tertiary/aromatic N) is 3. The third kappa shape index (κ3) is 3.67. The van der Waals surface area contributed by atoms with E-state index < -0.39 is 0 Å². The Bertz CT molecular complexity index is 700. The molecule has 1 fully saturated rings. The normalized spacial score (nSPS) is 16.3. The van der Waals surface area contributed by atoms with E-state index in [9.17, 15) is 4.79 Å². The van der Waals surface area contributed by atoms with Gasteiger partial charge < -0.3 is 14.8 Å². The number of hydrogen-bond acceptors (Lipinski definition) is 3. The summed E-state index contributed by atoms with van der Waals surface area (Å²) in [6.45, 7) is 6.84. The molecule has 3 heterocycles. The fraction of sp³-hybridized carbons (Fsp3) is 0.474. The molecule has 1 saturated heterocycles. The lowest BCUT2D eigenvalue weighted by atomic mass is 10.0. The third-order valence-corrected chi connectivity index (χ3v) is 4.92. The molecule has 1 N–H and O–H groups in total. The first-order chi connectivity index (χ1) is 11.5. The zero-order chi connectivity index (χ0) is 17.1. The lowest BCUT2D eigenvalue weighted by Gasteiger charge is -2.29. The smallest absolute Gasteiger partial charge is 0.253 e. The van der Waals surface area contributed by atoms with Crippen LogP contribution in [0.4, 0.5) is 0 Å². The minimum Gasteiger partial charge on any atom is -0.349 e. The van der Waals surface area contributed by atoms with Crippen molar-refractivity contribution < 1.29 is 4.79 Å². The van der Waals surface area contributed by atoms with E-state index in [1.807, 2.05) is 38.1 Å². The molecule has 1 aliphatic rings. The van der Waals surface area contributed by atoms with Crippen molar-refractivity contribution >= 4 is 5.91 Å². The molecule has 3 rings (SSSR count). The van der Waals surface area contributed by atoms with Crippen LogP contribution in [0.5, 0.6) is 0 Å². The van der Waals surface area contributed by atoms with Crippen LogP contribution in [0.15, 0.2) is 30.5 Å². The molecular formula is C19H26N4O. The second kappa shape index (κ2) is 7.18. The summed E-state index contributed by atoms with van der Waals surface area (Å²) in [6, 6.07) is 8.19. The topological polar surface area (TPSA) is 50.2 Å². The number of aryl methyl sites for hydroxylation is 1. The Labute approximate surface area is 143 Å². The van der Waals surface area contributed by atoms with Crippen LogP contribution in [0.25, 0.3) is 0 Å². The number of nitrogens with one attached hydrogen (secondary N) is 1. The highest BCUT2D eigenvalue weighted by molar-refractivity contribution is 5.95. The number of rotatable bonds is 4. The van der Waals surface area contributed by atoms with Gasteiger partial charge in [0, 0.05) is 23.6 Å². The largest absolute Gasteiger partial charge is 0.349 e. The van der Waals surface area contributed by atoms with Gasteiger partial charge in [0.15, 0.2) is 0 Å². The summed E-state index contributed by atoms with van der Waals surface area (Å²) in [4.78, 5) is 19.4. The summed E-state index contributed by atoms with van der Waals surface area (Å²) in [5, 5.41) is 3.21. The van der Waals surface area contributed by atoms with Gasteiger partial charge in [0.05, 0.1) is 17.8 Å². The number of likely N-dealkylation sites (tertiary alicyclic amines) is 1. The summed E-state index contributed by atoms with van der Waals surface area (Å²) in [5.74, 6) is 0.0462. The van der Waals surface area contributed by atoms with E-state index in [2.05, 4.69) is 26.8 Å². The molecule has 0 unspecified atom stereocenters. The van der Waals surface area contributed by atoms with Crippen molar-refractivity contribution in [2.75, 3.05) is 20.1 Å². The van der Waals surface area contributed by atoms with Gasteiger partial charge in [-0.1, -0.05) is 6.07 Å². The molecule has 1 amide bonds. The highest BCUT2D eigenvalue weighted by Gasteiger charge is 2.22. The Morgan fingerprint density at radius 2 is 2.04 bits per heavy atom. The lowest BCUT2D eigenvalue weighted by molar-refractivity contribution is 0.0916. The Morgan fingerprint density at radius 1 is 1.29 bits per heavy atom. The zero-order valence-electron chi connectivity index (χ0n) is 14.7. The number of carbonyl (C=O) groups is 1. The average molecular weight is 326 g/mol. The fourth-order valence-corrected chi connectivity index (χ4v) is 3.34. The molecule has 2 aromatic heterocycles. The quantitative estimate of drug-likeness (QED) is 0.938. The molecule has 1 aliphatic heterocycles. The van der Waals surface area contributed by atoms with Crippen LogP contribution >= 0.6 is 0 Å². The summed E-state index contributed by atoms with van der Waals surface area (Å²) < 4.78 is 2.16. The number of carbonyl (C=O) groups excluding carboxylic acids is 1. The number of piperidine rings is 1. The lowest BCUT2D eigenvalue weighted by Crippen LogP contribution is -2.43. The summed E-state index contributed by atoms with van der Waals surface area (Å²) in [5.41, 5.74) is 3.87. The van der Waals surface area contributed by atoms with E-state index in [0.29, 0.717) is 6.54 Å². The van der Waals surface area contributed by atoms with Crippen molar-refractivity contribution in [2.24, 2.45) is 0 Å². The van der Waals surface area contributed by atoms with Crippen LogP contribution in [-0.2, 0) is 6.54 Å². The molecule has 0 aliphatic carbocycles. The molecule has 24 heavy (non-hydrogen) atoms. The summed E-state index contributed by atoms with van der Waals surface area (Å²) in [6.07, 6.45) is 3.85. The molecule has 0 bridgehead atoms. The van der Waals surface area contributed by atoms with Crippen molar-refractivity contribution in [1.82, 2.24) is 19.8 Å². The van der Waals surface area contributed by atoms with Gasteiger partial charge in [0.2, 0.25) is 0 Å². The predicted octanol–water partition coefficient (Wildman–Crippen LogP) is 2.37. The van der Waals surface area contributed by atoms with Crippen LogP contribution < -0.4 is 5.32 Å². The standard InChI is InChI=1S/C19H26N4O/c1-14-12-18(19(24)21-16-7-10-22(3)11-8-16)15(2)23(14)13-17-6-4-5-9-20-17/h4-6,9,12,16H,7-8,10-11,13H2,1-3H3,(H,21,24). The van der Waals surface area contributed by atoms with E-state index in [1.54, 1.807) is 6.20 Å². The first-order valence-corrected chi connectivity index (χ1v) is 8.60. The fourth-order valence-electron chi connectivity index (χ4n) is 3.34.